The van der Waals surface area contributed by atoms with Crippen molar-refractivity contribution in [2.24, 2.45) is 16.6 Å². The highest BCUT2D eigenvalue weighted by Crippen LogP contribution is 2.36. The lowest BCUT2D eigenvalue weighted by atomic mass is 9.82. The predicted octanol–water partition coefficient (Wildman–Crippen LogP) is 18.8. The summed E-state index contributed by atoms with van der Waals surface area (Å²) in [5.74, 6) is 0. The maximum atomic E-state index is 11.8. The Labute approximate surface area is 826 Å². The molecular formula is C100H167N15O8S8. The summed E-state index contributed by atoms with van der Waals surface area (Å²) in [5, 5.41) is 22.6. The van der Waals surface area contributed by atoms with Gasteiger partial charge in [-0.1, -0.05) is 311 Å². The first-order chi connectivity index (χ1) is 60.0. The fraction of sp³-hybridized carbons (Fsp3) is 0.680. The molecule has 0 atom stereocenters. The third-order valence-electron chi connectivity index (χ3n) is 22.2. The Bertz CT molecular complexity index is 5540. The van der Waals surface area contributed by atoms with Gasteiger partial charge in [0.15, 0.2) is 0 Å². The van der Waals surface area contributed by atoms with Crippen molar-refractivity contribution in [1.82, 2.24) is 24.9 Å². The van der Waals surface area contributed by atoms with E-state index in [-0.39, 0.29) is 75.9 Å². The van der Waals surface area contributed by atoms with Gasteiger partial charge in [0.1, 0.15) is 37.3 Å². The molecule has 8 rings (SSSR count). The summed E-state index contributed by atoms with van der Waals surface area (Å²) in [5.41, 5.74) is 29.3. The van der Waals surface area contributed by atoms with E-state index in [0.29, 0.717) is 71.4 Å². The Hall–Kier alpha value is -6.04. The van der Waals surface area contributed by atoms with E-state index in [1.807, 2.05) is 158 Å². The number of nitrogens with one attached hydrogen (secondary N) is 7. The third-order valence-corrected chi connectivity index (χ3v) is 25.3. The zero-order chi connectivity index (χ0) is 102. The van der Waals surface area contributed by atoms with Crippen molar-refractivity contribution in [2.75, 3.05) is 202 Å². The van der Waals surface area contributed by atoms with Gasteiger partial charge in [-0.25, -0.2) is 0 Å². The molecule has 0 amide bonds. The zero-order valence-corrected chi connectivity index (χ0v) is 92.9. The molecule has 0 unspecified atom stereocenters. The van der Waals surface area contributed by atoms with Crippen molar-refractivity contribution < 1.29 is 0 Å². The molecule has 131 heavy (non-hydrogen) atoms. The van der Waals surface area contributed by atoms with Gasteiger partial charge in [-0.15, -0.1) is 0 Å². The number of rotatable bonds is 38. The normalized spacial score (nSPS) is 12.2. The van der Waals surface area contributed by atoms with Gasteiger partial charge in [0, 0.05) is 131 Å². The molecule has 8 aromatic rings. The molecule has 0 fully saturated rings. The summed E-state index contributed by atoms with van der Waals surface area (Å²) in [6, 6.07) is 0. The van der Waals surface area contributed by atoms with Gasteiger partial charge in [-0.05, 0) is 143 Å². The molecule has 0 aliphatic heterocycles. The van der Waals surface area contributed by atoms with E-state index in [2.05, 4.69) is 140 Å². The third kappa shape index (κ3) is 37.8. The molecule has 0 spiro atoms. The molecular weight excluding hydrogens is 1800 g/mol. The summed E-state index contributed by atoms with van der Waals surface area (Å²) >= 11 is 40.4. The zero-order valence-electron chi connectivity index (χ0n) is 86.4. The predicted molar refractivity (Wildman–Crippen MR) is 588 cm³/mol. The maximum absolute atomic E-state index is 11.8. The molecule has 0 aromatic heterocycles. The minimum atomic E-state index is -0.170. The highest BCUT2D eigenvalue weighted by molar-refractivity contribution is 7.73. The summed E-state index contributed by atoms with van der Waals surface area (Å²) in [6.07, 6.45) is 10.3. The van der Waals surface area contributed by atoms with E-state index >= 15 is 0 Å². The van der Waals surface area contributed by atoms with Crippen LogP contribution in [0.2, 0.25) is 0 Å². The number of nitrogen functional groups attached to an aromatic ring is 2. The van der Waals surface area contributed by atoms with Crippen molar-refractivity contribution in [3.8, 4) is 0 Å². The average Bonchev–Trinajstić information content (AvgIpc) is 0.769. The van der Waals surface area contributed by atoms with Crippen LogP contribution in [0.25, 0.3) is 0 Å². The van der Waals surface area contributed by atoms with Crippen LogP contribution in [0.5, 0.6) is 0 Å². The van der Waals surface area contributed by atoms with Gasteiger partial charge >= 0.3 is 0 Å². The second-order valence-electron chi connectivity index (χ2n) is 43.0. The van der Waals surface area contributed by atoms with Crippen LogP contribution in [0, 0.1) is 46.9 Å². The van der Waals surface area contributed by atoms with Crippen LogP contribution < -0.4 is 103 Å². The number of likely N-dealkylation sites (N-methyl/N-ethyl adjacent to an activating group) is 5. The highest BCUT2D eigenvalue weighted by atomic mass is 32.1. The Kier molecular flexibility index (Phi) is 50.9. The lowest BCUT2D eigenvalue weighted by Gasteiger charge is -2.26. The molecule has 0 saturated carbocycles. The minimum absolute atomic E-state index is 0.00650. The van der Waals surface area contributed by atoms with Crippen LogP contribution in [0.3, 0.4) is 0 Å². The van der Waals surface area contributed by atoms with Gasteiger partial charge in [0.2, 0.25) is 43.4 Å². The van der Waals surface area contributed by atoms with Crippen molar-refractivity contribution in [1.29, 1.82) is 0 Å². The van der Waals surface area contributed by atoms with E-state index < -0.39 is 0 Å². The molecule has 0 bridgehead atoms. The van der Waals surface area contributed by atoms with Gasteiger partial charge in [-0.3, -0.25) is 38.4 Å². The average molecular weight is 1960 g/mol. The van der Waals surface area contributed by atoms with Crippen molar-refractivity contribution in [3.05, 3.63) is 157 Å². The van der Waals surface area contributed by atoms with Crippen LogP contribution in [-0.2, 0) is 38.9 Å². The first-order valence-electron chi connectivity index (χ1n) is 46.4. The fourth-order valence-corrected chi connectivity index (χ4v) is 16.9. The standard InChI is InChI=1S/2C14H24N2OS.2C13H22N2OS.C13H21NOS.C12H20N2OS.C11H18N2OS.C10H16N2OS/c1-6-8-16(5)9-7-15-11-10(14(2,3)4)12(17)13(11)18;1-6-16(7-2)9-8-15-11-10(14(3,4)5)12(17)13(11)18;1-13(2,3)7-5-6-8-15(4)10-9(14)11(16)12(10)17;1-6-15(5)8-7-14-10-9(13(2,3)4)11(16)12(10)17;1-13(2,3)8-6-4-5-7-9-10(14)11(15)12(9)16;1-12(2,3)8-9(11(16)10(8)15)13-6-7-14(4)5;1-11(2,3)7-8(10(15)9(7)14)13-6-5-12-4;1-10(2,3)6-7(12-5-4-11)9(14)8(6)13/h2*15H,6-9H2,1-5H3;5-8,14H2,1-4H3;14H,6-8H2,1-5H3;4-8,14H2,1-3H3;13H,6-7H2,1-5H3;12-13H,5-6H2,1-4H3;12H,4-5,11H2,1-3H3. The number of hydrogen-bond donors (Lipinski definition) is 10. The topological polar surface area (TPSA) is 315 Å². The first kappa shape index (κ1) is 123. The number of unbranched alkanes of at least 4 members (excludes halogenated alkanes) is 3. The largest absolute Gasteiger partial charge is 0.395 e. The van der Waals surface area contributed by atoms with Crippen LogP contribution >= 0.6 is 97.7 Å². The Morgan fingerprint density at radius 3 is 0.878 bits per heavy atom. The van der Waals surface area contributed by atoms with Crippen molar-refractivity contribution in [2.45, 2.75) is 284 Å². The summed E-state index contributed by atoms with van der Waals surface area (Å²) in [6.45, 7) is 73.8. The Morgan fingerprint density at radius 1 is 0.305 bits per heavy atom. The van der Waals surface area contributed by atoms with Crippen molar-refractivity contribution >= 4 is 149 Å². The SMILES string of the molecule is CC(C)(C)CCCCCc1c(N)c(=O)c1=S.CC(C)(C)c1c(NCCN)c(=S)c1=O.CCCN(C)CCNc1c(C(C)(C)C)c(=O)c1=S.CCN(C)CCNc1c(C(C)(C)C)c(=O)c1=S.CCN(CC)CCNc1c(C(C)(C)C)c(=O)c1=S.CN(C)CCNc1c(C(C)(C)C)c(=O)c1=S.CN(CCCCC(C)(C)C)c1c(N)c(=O)c1=S.CNCCNc1c(C(C)(C)C)c(=O)c1=S. The smallest absolute Gasteiger partial charge is 0.223 e. The Morgan fingerprint density at radius 2 is 0.603 bits per heavy atom. The van der Waals surface area contributed by atoms with Gasteiger partial charge in [0.05, 0.1) is 50.0 Å². The molecule has 31 heteroatoms. The molecule has 738 valence electrons. The lowest BCUT2D eigenvalue weighted by Crippen LogP contribution is -2.33. The van der Waals surface area contributed by atoms with E-state index in [0.717, 1.165) is 203 Å². The van der Waals surface area contributed by atoms with Crippen LogP contribution in [0.15, 0.2) is 38.4 Å². The number of nitrogens with two attached hydrogens (primary N) is 3. The summed E-state index contributed by atoms with van der Waals surface area (Å²) in [4.78, 5) is 103. The van der Waals surface area contributed by atoms with Gasteiger partial charge in [-0.2, -0.15) is 0 Å². The fourth-order valence-electron chi connectivity index (χ4n) is 14.6. The quantitative estimate of drug-likeness (QED) is 0.0127. The lowest BCUT2D eigenvalue weighted by molar-refractivity contribution is 0.316. The number of nitrogens with zero attached hydrogens (tertiary/aromatic N) is 5. The Balaban J connectivity index is 0.000000749. The van der Waals surface area contributed by atoms with Crippen LogP contribution in [0.4, 0.5) is 51.2 Å². The van der Waals surface area contributed by atoms with Crippen LogP contribution in [-0.4, -0.2) is 173 Å². The molecule has 8 aromatic carbocycles. The van der Waals surface area contributed by atoms with E-state index in [1.165, 1.54) is 32.1 Å². The highest BCUT2D eigenvalue weighted by Gasteiger charge is 2.34. The van der Waals surface area contributed by atoms with E-state index in [1.54, 1.807) is 0 Å². The van der Waals surface area contributed by atoms with Crippen molar-refractivity contribution in [3.63, 3.8) is 0 Å². The molecule has 0 radical (unpaired) electrons. The molecule has 0 aliphatic rings. The second kappa shape index (κ2) is 54.2. The van der Waals surface area contributed by atoms with E-state index in [9.17, 15) is 38.4 Å². The van der Waals surface area contributed by atoms with Gasteiger partial charge < -0.3 is 78.9 Å². The van der Waals surface area contributed by atoms with E-state index in [4.69, 9.17) is 115 Å². The maximum Gasteiger partial charge on any atom is 0.223 e. The molecule has 13 N–H and O–H groups in total. The minimum Gasteiger partial charge on any atom is -0.395 e. The molecule has 0 saturated heterocycles. The van der Waals surface area contributed by atoms with Gasteiger partial charge in [0.25, 0.3) is 0 Å². The summed E-state index contributed by atoms with van der Waals surface area (Å²) < 4.78 is 3.60. The number of hydrogen-bond acceptors (Lipinski definition) is 31. The molecule has 0 heterocycles. The number of anilines is 9. The monoisotopic (exact) mass is 1960 g/mol. The molecule has 23 nitrogen and oxygen atoms in total. The molecule has 0 aliphatic carbocycles. The second-order valence-corrected chi connectivity index (χ2v) is 46.2. The van der Waals surface area contributed by atoms with Crippen LogP contribution in [0.1, 0.15) is 284 Å². The summed E-state index contributed by atoms with van der Waals surface area (Å²) in [7, 11) is 12.1. The first-order valence-corrected chi connectivity index (χ1v) is 49.7.